The van der Waals surface area contributed by atoms with E-state index in [4.69, 9.17) is 9.47 Å². The predicted molar refractivity (Wildman–Crippen MR) is 82.9 cm³/mol. The molecule has 3 rings (SSSR count). The number of fused-ring (bicyclic) bond motifs is 1. The van der Waals surface area contributed by atoms with E-state index in [0.717, 1.165) is 30.9 Å². The fourth-order valence-corrected chi connectivity index (χ4v) is 3.13. The van der Waals surface area contributed by atoms with Gasteiger partial charge in [0.05, 0.1) is 20.8 Å². The molecule has 0 amide bonds. The van der Waals surface area contributed by atoms with E-state index in [1.165, 1.54) is 16.7 Å². The highest BCUT2D eigenvalue weighted by Crippen LogP contribution is 2.34. The minimum atomic E-state index is 0. The Morgan fingerprint density at radius 2 is 1.73 bits per heavy atom. The fraction of sp³-hybridized carbons (Fsp3) is 0.333. The van der Waals surface area contributed by atoms with Crippen LogP contribution < -0.4 is 27.2 Å². The van der Waals surface area contributed by atoms with Gasteiger partial charge in [0.15, 0.2) is 11.5 Å². The Balaban J connectivity index is 0.00000176. The smallest absolute Gasteiger partial charge is 0.161 e. The molecule has 0 aromatic heterocycles. The highest BCUT2D eigenvalue weighted by atomic mass is 35.5. The average Bonchev–Trinajstić information content (AvgIpc) is 2.55. The van der Waals surface area contributed by atoms with Gasteiger partial charge < -0.3 is 27.2 Å². The third-order valence-corrected chi connectivity index (χ3v) is 4.21. The van der Waals surface area contributed by atoms with Crippen LogP contribution >= 0.6 is 0 Å². The van der Waals surface area contributed by atoms with Crippen molar-refractivity contribution in [3.63, 3.8) is 0 Å². The van der Waals surface area contributed by atoms with Crippen molar-refractivity contribution in [3.8, 4) is 11.5 Å². The molecule has 0 radical (unpaired) electrons. The van der Waals surface area contributed by atoms with Crippen molar-refractivity contribution >= 4 is 0 Å². The molecule has 1 aliphatic rings. The summed E-state index contributed by atoms with van der Waals surface area (Å²) < 4.78 is 10.9. The molecule has 0 saturated carbocycles. The van der Waals surface area contributed by atoms with Gasteiger partial charge in [-0.15, -0.1) is 0 Å². The molecule has 1 atom stereocenters. The van der Waals surface area contributed by atoms with Gasteiger partial charge in [-0.05, 0) is 23.3 Å². The van der Waals surface area contributed by atoms with E-state index in [1.54, 1.807) is 14.2 Å². The zero-order valence-electron chi connectivity index (χ0n) is 13.0. The van der Waals surface area contributed by atoms with E-state index in [0.29, 0.717) is 6.04 Å². The van der Waals surface area contributed by atoms with Crippen molar-refractivity contribution in [1.82, 2.24) is 0 Å². The number of nitrogens with two attached hydrogens (primary N) is 1. The van der Waals surface area contributed by atoms with Gasteiger partial charge in [-0.2, -0.15) is 0 Å². The number of methoxy groups -OCH3 is 2. The molecule has 1 aliphatic heterocycles. The number of hydrogen-bond acceptors (Lipinski definition) is 2. The van der Waals surface area contributed by atoms with Crippen molar-refractivity contribution in [2.24, 2.45) is 0 Å². The highest BCUT2D eigenvalue weighted by molar-refractivity contribution is 5.49. The Morgan fingerprint density at radius 3 is 2.41 bits per heavy atom. The van der Waals surface area contributed by atoms with Crippen LogP contribution in [0.4, 0.5) is 0 Å². The molecule has 4 heteroatoms. The standard InChI is InChI=1S/C18H21NO2.ClH/c1-20-17-11-14-8-9-19-16(15(14)12-18(17)21-2)10-13-6-4-3-5-7-13;/h3-7,11-12,16,19H,8-10H2,1-2H3;1H. The Kier molecular flexibility index (Phi) is 5.69. The molecule has 22 heavy (non-hydrogen) atoms. The van der Waals surface area contributed by atoms with Crippen LogP contribution in [0.3, 0.4) is 0 Å². The average molecular weight is 320 g/mol. The third-order valence-electron chi connectivity index (χ3n) is 4.21. The van der Waals surface area contributed by atoms with Gasteiger partial charge in [0.1, 0.15) is 6.04 Å². The zero-order chi connectivity index (χ0) is 14.7. The number of halogens is 1. The lowest BCUT2D eigenvalue weighted by atomic mass is 9.90. The van der Waals surface area contributed by atoms with Gasteiger partial charge in [0.25, 0.3) is 0 Å². The molecule has 0 bridgehead atoms. The summed E-state index contributed by atoms with van der Waals surface area (Å²) in [5, 5.41) is 2.43. The Morgan fingerprint density at radius 1 is 1.05 bits per heavy atom. The number of ether oxygens (including phenoxy) is 2. The minimum absolute atomic E-state index is 0. The van der Waals surface area contributed by atoms with Crippen molar-refractivity contribution in [1.29, 1.82) is 0 Å². The molecule has 0 spiro atoms. The molecule has 2 aromatic rings. The fourth-order valence-electron chi connectivity index (χ4n) is 3.13. The first kappa shape index (κ1) is 16.7. The van der Waals surface area contributed by atoms with Gasteiger partial charge >= 0.3 is 0 Å². The normalized spacial score (nSPS) is 16.4. The molecule has 0 aliphatic carbocycles. The predicted octanol–water partition coefficient (Wildman–Crippen LogP) is -0.889. The SMILES string of the molecule is COc1cc2c(cc1OC)C(Cc1ccccc1)[NH2+]CC2.[Cl-]. The van der Waals surface area contributed by atoms with E-state index in [9.17, 15) is 0 Å². The third kappa shape index (κ3) is 3.37. The summed E-state index contributed by atoms with van der Waals surface area (Å²) in [6, 6.07) is 15.4. The molecule has 1 heterocycles. The summed E-state index contributed by atoms with van der Waals surface area (Å²) in [5.41, 5.74) is 4.14. The van der Waals surface area contributed by atoms with Gasteiger partial charge in [0, 0.05) is 18.4 Å². The van der Waals surface area contributed by atoms with Crippen LogP contribution in [0.1, 0.15) is 22.7 Å². The summed E-state index contributed by atoms with van der Waals surface area (Å²) in [5.74, 6) is 1.65. The molecule has 0 fully saturated rings. The van der Waals surface area contributed by atoms with Crippen LogP contribution in [-0.2, 0) is 12.8 Å². The summed E-state index contributed by atoms with van der Waals surface area (Å²) in [4.78, 5) is 0. The number of hydrogen-bond donors (Lipinski definition) is 1. The largest absolute Gasteiger partial charge is 1.00 e. The lowest BCUT2D eigenvalue weighted by Gasteiger charge is -2.25. The molecule has 0 saturated heterocycles. The Labute approximate surface area is 138 Å². The van der Waals surface area contributed by atoms with Crippen LogP contribution in [0, 0.1) is 0 Å². The first-order valence-corrected chi connectivity index (χ1v) is 7.44. The van der Waals surface area contributed by atoms with E-state index >= 15 is 0 Å². The van der Waals surface area contributed by atoms with E-state index in [-0.39, 0.29) is 12.4 Å². The van der Waals surface area contributed by atoms with Crippen molar-refractivity contribution in [2.75, 3.05) is 20.8 Å². The number of quaternary nitrogens is 1. The van der Waals surface area contributed by atoms with Crippen molar-refractivity contribution in [3.05, 3.63) is 59.2 Å². The molecule has 118 valence electrons. The second kappa shape index (κ2) is 7.52. The van der Waals surface area contributed by atoms with E-state index in [2.05, 4.69) is 47.8 Å². The summed E-state index contributed by atoms with van der Waals surface area (Å²) in [6.07, 6.45) is 2.13. The minimum Gasteiger partial charge on any atom is -1.00 e. The molecular formula is C18H22ClNO2. The first-order chi connectivity index (χ1) is 10.3. The topological polar surface area (TPSA) is 35.1 Å². The zero-order valence-corrected chi connectivity index (χ0v) is 13.8. The van der Waals surface area contributed by atoms with E-state index < -0.39 is 0 Å². The van der Waals surface area contributed by atoms with E-state index in [1.807, 2.05) is 0 Å². The van der Waals surface area contributed by atoms with Gasteiger partial charge in [-0.3, -0.25) is 0 Å². The second-order valence-electron chi connectivity index (χ2n) is 5.48. The van der Waals surface area contributed by atoms with Crippen LogP contribution in [0.5, 0.6) is 11.5 Å². The van der Waals surface area contributed by atoms with Gasteiger partial charge in [0.2, 0.25) is 0 Å². The first-order valence-electron chi connectivity index (χ1n) is 7.44. The maximum Gasteiger partial charge on any atom is 0.161 e. The number of rotatable bonds is 4. The monoisotopic (exact) mass is 319 g/mol. The molecule has 2 N–H and O–H groups in total. The van der Waals surface area contributed by atoms with Gasteiger partial charge in [-0.25, -0.2) is 0 Å². The van der Waals surface area contributed by atoms with Crippen LogP contribution in [0.15, 0.2) is 42.5 Å². The van der Waals surface area contributed by atoms with Crippen molar-refractivity contribution in [2.45, 2.75) is 18.9 Å². The van der Waals surface area contributed by atoms with Crippen molar-refractivity contribution < 1.29 is 27.2 Å². The second-order valence-corrected chi connectivity index (χ2v) is 5.48. The molecule has 3 nitrogen and oxygen atoms in total. The lowest BCUT2D eigenvalue weighted by molar-refractivity contribution is -0.698. The Hall–Kier alpha value is -1.71. The van der Waals surface area contributed by atoms with Crippen LogP contribution in [0.25, 0.3) is 0 Å². The Bertz CT molecular complexity index is 616. The number of benzene rings is 2. The molecule has 1 unspecified atom stereocenters. The lowest BCUT2D eigenvalue weighted by Crippen LogP contribution is -3.00. The van der Waals surface area contributed by atoms with Gasteiger partial charge in [-0.1, -0.05) is 30.3 Å². The quantitative estimate of drug-likeness (QED) is 0.794. The molecule has 2 aromatic carbocycles. The van der Waals surface area contributed by atoms with Crippen LogP contribution in [-0.4, -0.2) is 20.8 Å². The van der Waals surface area contributed by atoms with Crippen LogP contribution in [0.2, 0.25) is 0 Å². The maximum atomic E-state index is 5.46. The summed E-state index contributed by atoms with van der Waals surface area (Å²) in [6.45, 7) is 1.12. The maximum absolute atomic E-state index is 5.46. The summed E-state index contributed by atoms with van der Waals surface area (Å²) >= 11 is 0. The molecular weight excluding hydrogens is 298 g/mol. The summed E-state index contributed by atoms with van der Waals surface area (Å²) in [7, 11) is 3.39. The highest BCUT2D eigenvalue weighted by Gasteiger charge is 2.25.